The van der Waals surface area contributed by atoms with Gasteiger partial charge in [0.1, 0.15) is 5.75 Å². The molecule has 1 aromatic rings. The number of hydrogen-bond acceptors (Lipinski definition) is 2. The molecule has 0 unspecified atom stereocenters. The summed E-state index contributed by atoms with van der Waals surface area (Å²) in [5.74, 6) is 0.677. The Bertz CT molecular complexity index is 428. The van der Waals surface area contributed by atoms with E-state index in [4.69, 9.17) is 4.74 Å². The number of aryl methyl sites for hydroxylation is 1. The monoisotopic (exact) mass is 311 g/mol. The molecule has 0 spiro atoms. The van der Waals surface area contributed by atoms with Gasteiger partial charge in [-0.15, -0.1) is 0 Å². The summed E-state index contributed by atoms with van der Waals surface area (Å²) < 4.78 is 6.39. The lowest BCUT2D eigenvalue weighted by Crippen LogP contribution is -2.36. The van der Waals surface area contributed by atoms with Crippen LogP contribution in [0.2, 0.25) is 0 Å². The van der Waals surface area contributed by atoms with E-state index in [1.54, 1.807) is 0 Å². The van der Waals surface area contributed by atoms with Crippen molar-refractivity contribution in [2.45, 2.75) is 38.6 Å². The molecule has 98 valence electrons. The fraction of sp³-hybridized carbons (Fsp3) is 0.500. The fourth-order valence-corrected chi connectivity index (χ4v) is 2.81. The van der Waals surface area contributed by atoms with Crippen molar-refractivity contribution in [1.29, 1.82) is 0 Å². The second kappa shape index (κ2) is 6.23. The molecular formula is C14H18BrNO2. The van der Waals surface area contributed by atoms with E-state index >= 15 is 0 Å². The Morgan fingerprint density at radius 2 is 2.17 bits per heavy atom. The Morgan fingerprint density at radius 3 is 2.83 bits per heavy atom. The third kappa shape index (κ3) is 3.73. The van der Waals surface area contributed by atoms with Gasteiger partial charge in [0.15, 0.2) is 6.61 Å². The number of carbonyl (C=O) groups excluding carboxylic acids is 1. The van der Waals surface area contributed by atoms with Gasteiger partial charge in [-0.25, -0.2) is 0 Å². The zero-order valence-corrected chi connectivity index (χ0v) is 12.1. The number of ether oxygens (including phenoxy) is 1. The van der Waals surface area contributed by atoms with Crippen molar-refractivity contribution in [2.24, 2.45) is 0 Å². The topological polar surface area (TPSA) is 38.3 Å². The van der Waals surface area contributed by atoms with Crippen LogP contribution < -0.4 is 10.1 Å². The first-order valence-electron chi connectivity index (χ1n) is 6.33. The maximum atomic E-state index is 11.7. The Labute approximate surface area is 116 Å². The van der Waals surface area contributed by atoms with Gasteiger partial charge in [-0.2, -0.15) is 0 Å². The van der Waals surface area contributed by atoms with Crippen LogP contribution >= 0.6 is 15.9 Å². The van der Waals surface area contributed by atoms with Gasteiger partial charge < -0.3 is 10.1 Å². The summed E-state index contributed by atoms with van der Waals surface area (Å²) in [6.45, 7) is 2.10. The summed E-state index contributed by atoms with van der Waals surface area (Å²) in [7, 11) is 0. The van der Waals surface area contributed by atoms with Gasteiger partial charge in [0, 0.05) is 6.04 Å². The number of rotatable bonds is 4. The third-order valence-electron chi connectivity index (χ3n) is 3.17. The van der Waals surface area contributed by atoms with Crippen LogP contribution in [0.25, 0.3) is 0 Å². The Kier molecular flexibility index (Phi) is 4.64. The van der Waals surface area contributed by atoms with Gasteiger partial charge in [-0.3, -0.25) is 4.79 Å². The number of hydrogen-bond donors (Lipinski definition) is 1. The molecule has 2 rings (SSSR count). The second-order valence-corrected chi connectivity index (χ2v) is 5.63. The van der Waals surface area contributed by atoms with E-state index in [1.807, 2.05) is 25.1 Å². The Hall–Kier alpha value is -1.03. The summed E-state index contributed by atoms with van der Waals surface area (Å²) in [4.78, 5) is 11.7. The molecular weight excluding hydrogens is 294 g/mol. The first kappa shape index (κ1) is 13.4. The standard InChI is InChI=1S/C14H18BrNO2/c1-10-6-7-13(12(15)8-10)18-9-14(17)16-11-4-2-3-5-11/h6-8,11H,2-5,9H2,1H3,(H,16,17). The predicted octanol–water partition coefficient (Wildman–Crippen LogP) is 3.20. The van der Waals surface area contributed by atoms with Crippen LogP contribution in [0.15, 0.2) is 22.7 Å². The summed E-state index contributed by atoms with van der Waals surface area (Å²) in [5.41, 5.74) is 1.16. The Balaban J connectivity index is 1.81. The van der Waals surface area contributed by atoms with Gasteiger partial charge in [0.25, 0.3) is 5.91 Å². The van der Waals surface area contributed by atoms with Gasteiger partial charge in [0.05, 0.1) is 4.47 Å². The molecule has 1 aliphatic carbocycles. The zero-order chi connectivity index (χ0) is 13.0. The number of carbonyl (C=O) groups is 1. The molecule has 0 aliphatic heterocycles. The average Bonchev–Trinajstić information content (AvgIpc) is 2.80. The van der Waals surface area contributed by atoms with Crippen molar-refractivity contribution >= 4 is 21.8 Å². The van der Waals surface area contributed by atoms with Crippen LogP contribution in [0.5, 0.6) is 5.75 Å². The fourth-order valence-electron chi connectivity index (χ4n) is 2.21. The molecule has 0 heterocycles. The smallest absolute Gasteiger partial charge is 0.258 e. The van der Waals surface area contributed by atoms with E-state index in [9.17, 15) is 4.79 Å². The molecule has 1 fully saturated rings. The molecule has 0 aromatic heterocycles. The largest absolute Gasteiger partial charge is 0.483 e. The van der Waals surface area contributed by atoms with Gasteiger partial charge in [-0.05, 0) is 53.4 Å². The lowest BCUT2D eigenvalue weighted by molar-refractivity contribution is -0.123. The molecule has 0 saturated heterocycles. The minimum Gasteiger partial charge on any atom is -0.483 e. The van der Waals surface area contributed by atoms with Gasteiger partial charge in [-0.1, -0.05) is 18.9 Å². The minimum atomic E-state index is -0.0330. The van der Waals surface area contributed by atoms with E-state index < -0.39 is 0 Å². The first-order chi connectivity index (χ1) is 8.65. The van der Waals surface area contributed by atoms with E-state index in [0.717, 1.165) is 22.9 Å². The highest BCUT2D eigenvalue weighted by molar-refractivity contribution is 9.10. The quantitative estimate of drug-likeness (QED) is 0.927. The zero-order valence-electron chi connectivity index (χ0n) is 10.5. The summed E-state index contributed by atoms with van der Waals surface area (Å²) in [6.07, 6.45) is 4.63. The predicted molar refractivity (Wildman–Crippen MR) is 74.8 cm³/mol. The summed E-state index contributed by atoms with van der Waals surface area (Å²) >= 11 is 3.43. The average molecular weight is 312 g/mol. The molecule has 3 nitrogen and oxygen atoms in total. The molecule has 1 saturated carbocycles. The van der Waals surface area contributed by atoms with E-state index in [1.165, 1.54) is 12.8 Å². The molecule has 0 bridgehead atoms. The van der Waals surface area contributed by atoms with Gasteiger partial charge in [0.2, 0.25) is 0 Å². The summed E-state index contributed by atoms with van der Waals surface area (Å²) in [5, 5.41) is 3.00. The summed E-state index contributed by atoms with van der Waals surface area (Å²) in [6, 6.07) is 6.17. The van der Waals surface area contributed by atoms with Crippen LogP contribution in [-0.2, 0) is 4.79 Å². The van der Waals surface area contributed by atoms with Crippen LogP contribution in [0.4, 0.5) is 0 Å². The van der Waals surface area contributed by atoms with Gasteiger partial charge >= 0.3 is 0 Å². The van der Waals surface area contributed by atoms with Crippen LogP contribution in [0, 0.1) is 6.92 Å². The van der Waals surface area contributed by atoms with Crippen molar-refractivity contribution in [2.75, 3.05) is 6.61 Å². The number of benzene rings is 1. The number of amides is 1. The van der Waals surface area contributed by atoms with Crippen molar-refractivity contribution in [3.8, 4) is 5.75 Å². The highest BCUT2D eigenvalue weighted by Crippen LogP contribution is 2.25. The lowest BCUT2D eigenvalue weighted by atomic mass is 10.2. The SMILES string of the molecule is Cc1ccc(OCC(=O)NC2CCCC2)c(Br)c1. The van der Waals surface area contributed by atoms with E-state index in [0.29, 0.717) is 11.8 Å². The van der Waals surface area contributed by atoms with Crippen molar-refractivity contribution in [1.82, 2.24) is 5.32 Å². The second-order valence-electron chi connectivity index (χ2n) is 4.77. The highest BCUT2D eigenvalue weighted by atomic mass is 79.9. The maximum Gasteiger partial charge on any atom is 0.258 e. The normalized spacial score (nSPS) is 15.7. The van der Waals surface area contributed by atoms with Crippen LogP contribution in [-0.4, -0.2) is 18.6 Å². The minimum absolute atomic E-state index is 0.0330. The number of nitrogens with one attached hydrogen (secondary N) is 1. The maximum absolute atomic E-state index is 11.7. The molecule has 1 aliphatic rings. The van der Waals surface area contributed by atoms with Crippen molar-refractivity contribution in [3.05, 3.63) is 28.2 Å². The number of halogens is 1. The molecule has 1 amide bonds. The first-order valence-corrected chi connectivity index (χ1v) is 7.13. The molecule has 4 heteroatoms. The van der Waals surface area contributed by atoms with Crippen LogP contribution in [0.1, 0.15) is 31.2 Å². The molecule has 0 atom stereocenters. The van der Waals surface area contributed by atoms with Crippen molar-refractivity contribution < 1.29 is 9.53 Å². The molecule has 1 N–H and O–H groups in total. The lowest BCUT2D eigenvalue weighted by Gasteiger charge is -2.13. The van der Waals surface area contributed by atoms with E-state index in [-0.39, 0.29) is 12.5 Å². The highest BCUT2D eigenvalue weighted by Gasteiger charge is 2.17. The third-order valence-corrected chi connectivity index (χ3v) is 3.79. The Morgan fingerprint density at radius 1 is 1.44 bits per heavy atom. The van der Waals surface area contributed by atoms with Crippen molar-refractivity contribution in [3.63, 3.8) is 0 Å². The molecule has 18 heavy (non-hydrogen) atoms. The van der Waals surface area contributed by atoms with E-state index in [2.05, 4.69) is 21.2 Å². The molecule has 1 aromatic carbocycles. The van der Waals surface area contributed by atoms with Crippen LogP contribution in [0.3, 0.4) is 0 Å². The molecule has 0 radical (unpaired) electrons.